The van der Waals surface area contributed by atoms with Crippen molar-refractivity contribution in [2.75, 3.05) is 13.2 Å². The predicted octanol–water partition coefficient (Wildman–Crippen LogP) is 4.03. The Labute approximate surface area is 151 Å². The van der Waals surface area contributed by atoms with Crippen LogP contribution in [0.25, 0.3) is 0 Å². The first-order valence-corrected chi connectivity index (χ1v) is 9.25. The summed E-state index contributed by atoms with van der Waals surface area (Å²) in [5, 5.41) is 9.22. The number of carboxylic acids is 1. The van der Waals surface area contributed by atoms with Gasteiger partial charge in [-0.25, -0.2) is 0 Å². The summed E-state index contributed by atoms with van der Waals surface area (Å²) < 4.78 is 11.5. The molecule has 0 bridgehead atoms. The Kier molecular flexibility index (Phi) is 8.76. The van der Waals surface area contributed by atoms with Crippen LogP contribution in [0.3, 0.4) is 0 Å². The molecular weight excluding hydrogens is 318 g/mol. The van der Waals surface area contributed by atoms with Gasteiger partial charge in [-0.2, -0.15) is 0 Å². The van der Waals surface area contributed by atoms with Crippen LogP contribution >= 0.6 is 0 Å². The first kappa shape index (κ1) is 21.3. The molecule has 1 aromatic carbocycles. The fraction of sp³-hybridized carbons (Fsp3) is 0.650. The Balaban J connectivity index is 2.74. The molecule has 0 aliphatic rings. The molecule has 25 heavy (non-hydrogen) atoms. The molecule has 5 nitrogen and oxygen atoms in total. The molecule has 2 unspecified atom stereocenters. The van der Waals surface area contributed by atoms with Crippen molar-refractivity contribution in [3.8, 4) is 11.5 Å². The summed E-state index contributed by atoms with van der Waals surface area (Å²) >= 11 is 0. The van der Waals surface area contributed by atoms with Gasteiger partial charge in [0.1, 0.15) is 17.0 Å². The zero-order valence-electron chi connectivity index (χ0n) is 16.0. The van der Waals surface area contributed by atoms with E-state index in [1.165, 1.54) is 0 Å². The molecule has 0 heterocycles. The maximum absolute atomic E-state index is 11.2. The lowest BCUT2D eigenvalue weighted by Crippen LogP contribution is -2.46. The first-order valence-electron chi connectivity index (χ1n) is 9.25. The van der Waals surface area contributed by atoms with Crippen molar-refractivity contribution in [3.63, 3.8) is 0 Å². The highest BCUT2D eigenvalue weighted by atomic mass is 16.5. The van der Waals surface area contributed by atoms with Crippen molar-refractivity contribution in [3.05, 3.63) is 23.8 Å². The molecule has 0 aliphatic carbocycles. The van der Waals surface area contributed by atoms with Gasteiger partial charge in [0.2, 0.25) is 0 Å². The molecular formula is C20H33NO4. The average molecular weight is 351 g/mol. The third-order valence-corrected chi connectivity index (χ3v) is 4.51. The summed E-state index contributed by atoms with van der Waals surface area (Å²) in [5.74, 6) is 1.10. The first-order chi connectivity index (χ1) is 11.9. The van der Waals surface area contributed by atoms with E-state index in [1.54, 1.807) is 6.92 Å². The maximum atomic E-state index is 11.2. The number of nitrogens with two attached hydrogens (primary N) is 1. The second-order valence-electron chi connectivity index (χ2n) is 6.69. The quantitative estimate of drug-likeness (QED) is 0.594. The van der Waals surface area contributed by atoms with Gasteiger partial charge in [-0.1, -0.05) is 25.8 Å². The fourth-order valence-corrected chi connectivity index (χ4v) is 3.08. The van der Waals surface area contributed by atoms with Gasteiger partial charge < -0.3 is 20.3 Å². The summed E-state index contributed by atoms with van der Waals surface area (Å²) in [6.45, 7) is 8.85. The van der Waals surface area contributed by atoms with Crippen molar-refractivity contribution >= 4 is 5.97 Å². The Hall–Kier alpha value is -1.75. The highest BCUT2D eigenvalue weighted by molar-refractivity contribution is 5.77. The summed E-state index contributed by atoms with van der Waals surface area (Å²) in [6.07, 6.45) is 4.13. The Morgan fingerprint density at radius 2 is 1.76 bits per heavy atom. The van der Waals surface area contributed by atoms with E-state index in [0.29, 0.717) is 25.6 Å². The van der Waals surface area contributed by atoms with E-state index in [-0.39, 0.29) is 0 Å². The van der Waals surface area contributed by atoms with E-state index in [4.69, 9.17) is 15.2 Å². The van der Waals surface area contributed by atoms with Crippen LogP contribution in [0.15, 0.2) is 18.2 Å². The molecule has 0 amide bonds. The molecule has 0 aliphatic heterocycles. The Morgan fingerprint density at radius 3 is 2.20 bits per heavy atom. The van der Waals surface area contributed by atoms with E-state index in [0.717, 1.165) is 42.7 Å². The molecule has 5 heteroatoms. The molecule has 0 radical (unpaired) electrons. The van der Waals surface area contributed by atoms with E-state index >= 15 is 0 Å². The van der Waals surface area contributed by atoms with Gasteiger partial charge in [0.05, 0.1) is 13.2 Å². The minimum atomic E-state index is -1.17. The van der Waals surface area contributed by atoms with Gasteiger partial charge in [0.25, 0.3) is 0 Å². The fourth-order valence-electron chi connectivity index (χ4n) is 3.08. The van der Waals surface area contributed by atoms with Gasteiger partial charge in [0.15, 0.2) is 0 Å². The van der Waals surface area contributed by atoms with Crippen molar-refractivity contribution in [2.24, 2.45) is 11.7 Å². The van der Waals surface area contributed by atoms with Crippen LogP contribution in [0.1, 0.15) is 58.9 Å². The van der Waals surface area contributed by atoms with Gasteiger partial charge in [-0.3, -0.25) is 4.79 Å². The minimum absolute atomic E-state index is 0.292. The second-order valence-corrected chi connectivity index (χ2v) is 6.69. The molecule has 0 saturated carbocycles. The van der Waals surface area contributed by atoms with Crippen LogP contribution in [0.4, 0.5) is 0 Å². The third-order valence-electron chi connectivity index (χ3n) is 4.51. The van der Waals surface area contributed by atoms with Gasteiger partial charge in [-0.15, -0.1) is 0 Å². The lowest BCUT2D eigenvalue weighted by molar-refractivity contribution is -0.143. The van der Waals surface area contributed by atoms with Crippen LogP contribution in [-0.4, -0.2) is 29.8 Å². The predicted molar refractivity (Wildman–Crippen MR) is 100 cm³/mol. The smallest absolute Gasteiger partial charge is 0.323 e. The van der Waals surface area contributed by atoms with Crippen LogP contribution in [0, 0.1) is 5.92 Å². The second kappa shape index (κ2) is 10.3. The maximum Gasteiger partial charge on any atom is 0.323 e. The number of carboxylic acid groups (broad SMARTS) is 1. The van der Waals surface area contributed by atoms with Crippen molar-refractivity contribution < 1.29 is 19.4 Å². The Morgan fingerprint density at radius 1 is 1.20 bits per heavy atom. The summed E-state index contributed by atoms with van der Waals surface area (Å²) in [5.41, 5.74) is 5.83. The molecule has 142 valence electrons. The SMILES string of the molecule is CCOc1cccc(OCC)c1CCCC(CC)CC(C)(N)C(=O)O. The molecule has 0 saturated heterocycles. The van der Waals surface area contributed by atoms with Gasteiger partial charge in [-0.05, 0) is 58.1 Å². The van der Waals surface area contributed by atoms with Gasteiger partial charge >= 0.3 is 5.97 Å². The topological polar surface area (TPSA) is 81.8 Å². The number of rotatable bonds is 12. The average Bonchev–Trinajstić information content (AvgIpc) is 2.56. The minimum Gasteiger partial charge on any atom is -0.493 e. The summed E-state index contributed by atoms with van der Waals surface area (Å²) in [4.78, 5) is 11.2. The molecule has 0 aromatic heterocycles. The normalized spacial score (nSPS) is 14.6. The lowest BCUT2D eigenvalue weighted by Gasteiger charge is -2.25. The van der Waals surface area contributed by atoms with Crippen molar-refractivity contribution in [1.29, 1.82) is 0 Å². The molecule has 0 fully saturated rings. The van der Waals surface area contributed by atoms with Crippen LogP contribution in [-0.2, 0) is 11.2 Å². The highest BCUT2D eigenvalue weighted by Crippen LogP contribution is 2.32. The molecule has 0 spiro atoms. The number of hydrogen-bond acceptors (Lipinski definition) is 4. The van der Waals surface area contributed by atoms with E-state index in [2.05, 4.69) is 6.92 Å². The molecule has 2 atom stereocenters. The number of hydrogen-bond donors (Lipinski definition) is 2. The zero-order chi connectivity index (χ0) is 18.9. The van der Waals surface area contributed by atoms with Crippen LogP contribution in [0.2, 0.25) is 0 Å². The number of benzene rings is 1. The lowest BCUT2D eigenvalue weighted by atomic mass is 9.85. The van der Waals surface area contributed by atoms with E-state index < -0.39 is 11.5 Å². The molecule has 3 N–H and O–H groups in total. The van der Waals surface area contributed by atoms with Crippen LogP contribution < -0.4 is 15.2 Å². The van der Waals surface area contributed by atoms with E-state index in [9.17, 15) is 9.90 Å². The van der Waals surface area contributed by atoms with Gasteiger partial charge in [0, 0.05) is 5.56 Å². The number of aliphatic carboxylic acids is 1. The molecule has 1 aromatic rings. The molecule has 1 rings (SSSR count). The largest absolute Gasteiger partial charge is 0.493 e. The number of carbonyl (C=O) groups is 1. The summed E-state index contributed by atoms with van der Waals surface area (Å²) in [6, 6.07) is 5.89. The third kappa shape index (κ3) is 6.58. The van der Waals surface area contributed by atoms with Crippen molar-refractivity contribution in [2.45, 2.75) is 65.3 Å². The number of ether oxygens (including phenoxy) is 2. The van der Waals surface area contributed by atoms with Crippen molar-refractivity contribution in [1.82, 2.24) is 0 Å². The zero-order valence-corrected chi connectivity index (χ0v) is 16.0. The monoisotopic (exact) mass is 351 g/mol. The Bertz CT molecular complexity index is 518. The highest BCUT2D eigenvalue weighted by Gasteiger charge is 2.30. The van der Waals surface area contributed by atoms with E-state index in [1.807, 2.05) is 32.0 Å². The summed E-state index contributed by atoms with van der Waals surface area (Å²) in [7, 11) is 0. The van der Waals surface area contributed by atoms with Crippen LogP contribution in [0.5, 0.6) is 11.5 Å². The standard InChI is InChI=1S/C20H33NO4/c1-5-15(14-20(4,21)19(22)23)10-8-11-16-17(24-6-2)12-9-13-18(16)25-7-3/h9,12-13,15H,5-8,10-11,14,21H2,1-4H3,(H,22,23).